The van der Waals surface area contributed by atoms with Crippen LogP contribution in [-0.4, -0.2) is 219 Å². The fourth-order valence-corrected chi connectivity index (χ4v) is 3.90. The van der Waals surface area contributed by atoms with Crippen LogP contribution in [0.25, 0.3) is 0 Å². The number of carbonyl (C=O) groups is 4. The molecule has 0 aliphatic rings. The number of esters is 1. The molecule has 0 radical (unpaired) electrons. The lowest BCUT2D eigenvalue weighted by Crippen LogP contribution is -2.31. The zero-order chi connectivity index (χ0) is 41.5. The lowest BCUT2D eigenvalue weighted by molar-refractivity contribution is -0.146. The molecule has 3 N–H and O–H groups in total. The molecule has 21 heteroatoms. The standard InChI is InChI=1S/C36H67NO20/c38-33(31-56-32-35(41)42)37-5-6-44-7-8-45-9-10-46-11-12-47-13-14-48-15-16-49-17-18-50-19-20-51-21-22-52-23-24-53-25-26-54-27-28-55-29-30-57-36(43)4-2-1-3-34(39)40/h1-32H2,(H,37,38)(H,39,40)(H,41,42). The minimum Gasteiger partial charge on any atom is -0.481 e. The third kappa shape index (κ3) is 49.4. The van der Waals surface area contributed by atoms with Crippen molar-refractivity contribution < 1.29 is 95.7 Å². The summed E-state index contributed by atoms with van der Waals surface area (Å²) in [6, 6.07) is 0. The number of hydrogen-bond donors (Lipinski definition) is 3. The highest BCUT2D eigenvalue weighted by Gasteiger charge is 2.05. The van der Waals surface area contributed by atoms with Gasteiger partial charge in [-0.2, -0.15) is 0 Å². The fraction of sp³-hybridized carbons (Fsp3) is 0.889. The Kier molecular flexibility index (Phi) is 43.9. The second kappa shape index (κ2) is 46.1. The first-order valence-electron chi connectivity index (χ1n) is 19.3. The molecule has 0 fully saturated rings. The summed E-state index contributed by atoms with van der Waals surface area (Å²) in [5.41, 5.74) is 0. The third-order valence-electron chi connectivity index (χ3n) is 6.63. The molecule has 1 amide bonds. The average Bonchev–Trinajstić information content (AvgIpc) is 3.18. The van der Waals surface area contributed by atoms with E-state index in [1.165, 1.54) is 0 Å². The van der Waals surface area contributed by atoms with Crippen molar-refractivity contribution in [1.29, 1.82) is 0 Å². The predicted molar refractivity (Wildman–Crippen MR) is 198 cm³/mol. The molecule has 0 heterocycles. The van der Waals surface area contributed by atoms with Crippen molar-refractivity contribution in [2.24, 2.45) is 0 Å². The first kappa shape index (κ1) is 54.4. The van der Waals surface area contributed by atoms with Crippen LogP contribution in [0.15, 0.2) is 0 Å². The van der Waals surface area contributed by atoms with Gasteiger partial charge in [0, 0.05) is 19.4 Å². The minimum absolute atomic E-state index is 0.0519. The zero-order valence-corrected chi connectivity index (χ0v) is 33.4. The molecule has 0 rings (SSSR count). The van der Waals surface area contributed by atoms with Gasteiger partial charge >= 0.3 is 17.9 Å². The number of rotatable bonds is 48. The summed E-state index contributed by atoms with van der Waals surface area (Å²) < 4.78 is 74.8. The quantitative estimate of drug-likeness (QED) is 0.0521. The van der Waals surface area contributed by atoms with Gasteiger partial charge in [0.25, 0.3) is 0 Å². The van der Waals surface area contributed by atoms with E-state index >= 15 is 0 Å². The van der Waals surface area contributed by atoms with Crippen LogP contribution in [0.5, 0.6) is 0 Å². The molecule has 57 heavy (non-hydrogen) atoms. The lowest BCUT2D eigenvalue weighted by Gasteiger charge is -2.09. The van der Waals surface area contributed by atoms with Gasteiger partial charge in [-0.1, -0.05) is 0 Å². The number of ether oxygens (including phenoxy) is 14. The average molecular weight is 834 g/mol. The van der Waals surface area contributed by atoms with Gasteiger partial charge < -0.3 is 81.8 Å². The number of amides is 1. The maximum absolute atomic E-state index is 11.5. The Hall–Kier alpha value is -2.64. The molecule has 0 aromatic rings. The monoisotopic (exact) mass is 833 g/mol. The highest BCUT2D eigenvalue weighted by Crippen LogP contribution is 2.01. The molecule has 0 aromatic heterocycles. The molecule has 336 valence electrons. The summed E-state index contributed by atoms with van der Waals surface area (Å²) in [7, 11) is 0. The van der Waals surface area contributed by atoms with E-state index in [2.05, 4.69) is 10.1 Å². The Labute approximate surface area is 335 Å². The van der Waals surface area contributed by atoms with E-state index in [0.29, 0.717) is 171 Å². The number of unbranched alkanes of at least 4 members (excludes halogenated alkanes) is 1. The summed E-state index contributed by atoms with van der Waals surface area (Å²) in [6.45, 7) is 9.84. The summed E-state index contributed by atoms with van der Waals surface area (Å²) in [4.78, 5) is 43.6. The molecule has 0 aliphatic carbocycles. The summed E-state index contributed by atoms with van der Waals surface area (Å²) in [5, 5.41) is 19.5. The van der Waals surface area contributed by atoms with Crippen LogP contribution in [0.2, 0.25) is 0 Å². The second-order valence-corrected chi connectivity index (χ2v) is 11.4. The van der Waals surface area contributed by atoms with Crippen LogP contribution >= 0.6 is 0 Å². The lowest BCUT2D eigenvalue weighted by atomic mass is 10.2. The molecule has 0 saturated carbocycles. The van der Waals surface area contributed by atoms with Gasteiger partial charge in [-0.05, 0) is 12.8 Å². The SMILES string of the molecule is O=C(O)CCCCC(=O)OCCOCCOCCOCCOCCOCCOCCOCCOCCOCCOCCOCCOCCNC(=O)COCC(=O)O. The van der Waals surface area contributed by atoms with E-state index < -0.39 is 24.5 Å². The highest BCUT2D eigenvalue weighted by atomic mass is 16.6. The van der Waals surface area contributed by atoms with Gasteiger partial charge in [0.1, 0.15) is 19.8 Å². The highest BCUT2D eigenvalue weighted by molar-refractivity contribution is 5.77. The van der Waals surface area contributed by atoms with Gasteiger partial charge in [-0.25, -0.2) is 4.79 Å². The van der Waals surface area contributed by atoms with Crippen molar-refractivity contribution in [2.75, 3.05) is 185 Å². The van der Waals surface area contributed by atoms with Crippen molar-refractivity contribution in [2.45, 2.75) is 25.7 Å². The van der Waals surface area contributed by atoms with Crippen LogP contribution in [0.3, 0.4) is 0 Å². The van der Waals surface area contributed by atoms with Crippen molar-refractivity contribution >= 4 is 23.8 Å². The van der Waals surface area contributed by atoms with Crippen molar-refractivity contribution in [3.8, 4) is 0 Å². The van der Waals surface area contributed by atoms with Gasteiger partial charge in [0.05, 0.1) is 159 Å². The Morgan fingerprint density at radius 2 is 0.632 bits per heavy atom. The number of carboxylic acids is 2. The molecule has 0 atom stereocenters. The number of carboxylic acid groups (broad SMARTS) is 2. The molecule has 21 nitrogen and oxygen atoms in total. The van der Waals surface area contributed by atoms with Crippen molar-refractivity contribution in [3.05, 3.63) is 0 Å². The number of hydrogen-bond acceptors (Lipinski definition) is 18. The van der Waals surface area contributed by atoms with Crippen LogP contribution in [0.1, 0.15) is 25.7 Å². The van der Waals surface area contributed by atoms with Crippen LogP contribution in [0, 0.1) is 0 Å². The molecule has 0 unspecified atom stereocenters. The smallest absolute Gasteiger partial charge is 0.329 e. The molecule has 0 aromatic carbocycles. The largest absolute Gasteiger partial charge is 0.481 e. The van der Waals surface area contributed by atoms with Gasteiger partial charge in [-0.15, -0.1) is 0 Å². The van der Waals surface area contributed by atoms with E-state index in [-0.39, 0.29) is 38.6 Å². The van der Waals surface area contributed by atoms with Crippen LogP contribution < -0.4 is 5.32 Å². The van der Waals surface area contributed by atoms with Gasteiger partial charge in [0.15, 0.2) is 0 Å². The topological polar surface area (TPSA) is 250 Å². The first-order chi connectivity index (χ1) is 27.9. The third-order valence-corrected chi connectivity index (χ3v) is 6.63. The predicted octanol–water partition coefficient (Wildman–Crippen LogP) is -0.409. The fourth-order valence-electron chi connectivity index (χ4n) is 3.90. The van der Waals surface area contributed by atoms with Crippen LogP contribution in [0.4, 0.5) is 0 Å². The summed E-state index contributed by atoms with van der Waals surface area (Å²) in [6.07, 6.45) is 1.20. The van der Waals surface area contributed by atoms with Crippen molar-refractivity contribution in [3.63, 3.8) is 0 Å². The Morgan fingerprint density at radius 1 is 0.333 bits per heavy atom. The molecule has 0 saturated heterocycles. The Balaban J connectivity index is 3.13. The Morgan fingerprint density at radius 3 is 0.947 bits per heavy atom. The number of aliphatic carboxylic acids is 2. The van der Waals surface area contributed by atoms with Gasteiger partial charge in [0.2, 0.25) is 5.91 Å². The van der Waals surface area contributed by atoms with E-state index in [4.69, 9.17) is 71.8 Å². The molecular weight excluding hydrogens is 766 g/mol. The van der Waals surface area contributed by atoms with E-state index in [1.807, 2.05) is 0 Å². The summed E-state index contributed by atoms with van der Waals surface area (Å²) >= 11 is 0. The molecular formula is C36H67NO20. The van der Waals surface area contributed by atoms with Crippen molar-refractivity contribution in [1.82, 2.24) is 5.32 Å². The maximum Gasteiger partial charge on any atom is 0.329 e. The zero-order valence-electron chi connectivity index (χ0n) is 33.4. The number of nitrogens with one attached hydrogen (secondary N) is 1. The van der Waals surface area contributed by atoms with Crippen LogP contribution in [-0.2, 0) is 85.5 Å². The molecule has 0 bridgehead atoms. The number of carbonyl (C=O) groups excluding carboxylic acids is 2. The summed E-state index contributed by atoms with van der Waals surface area (Å²) in [5.74, 6) is -2.76. The van der Waals surface area contributed by atoms with E-state index in [0.717, 1.165) is 0 Å². The minimum atomic E-state index is -1.13. The second-order valence-electron chi connectivity index (χ2n) is 11.4. The van der Waals surface area contributed by atoms with Gasteiger partial charge in [-0.3, -0.25) is 14.4 Å². The first-order valence-corrected chi connectivity index (χ1v) is 19.3. The molecule has 0 spiro atoms. The van der Waals surface area contributed by atoms with E-state index in [9.17, 15) is 19.2 Å². The Bertz CT molecular complexity index is 917. The maximum atomic E-state index is 11.5. The van der Waals surface area contributed by atoms with E-state index in [1.54, 1.807) is 0 Å². The molecule has 0 aliphatic heterocycles. The normalized spacial score (nSPS) is 11.2.